The van der Waals surface area contributed by atoms with Crippen LogP contribution in [0.2, 0.25) is 0 Å². The van der Waals surface area contributed by atoms with E-state index in [9.17, 15) is 14.7 Å². The molecule has 5 nitrogen and oxygen atoms in total. The molecule has 2 aromatic rings. The Kier molecular flexibility index (Phi) is 3.25. The van der Waals surface area contributed by atoms with Crippen molar-refractivity contribution in [2.24, 2.45) is 0 Å². The van der Waals surface area contributed by atoms with Gasteiger partial charge in [-0.25, -0.2) is 4.98 Å². The molecule has 0 unspecified atom stereocenters. The number of benzene rings is 1. The molecule has 6 heteroatoms. The lowest BCUT2D eigenvalue weighted by molar-refractivity contribution is -0.138. The maximum atomic E-state index is 12.7. The van der Waals surface area contributed by atoms with Crippen LogP contribution in [-0.4, -0.2) is 28.5 Å². The summed E-state index contributed by atoms with van der Waals surface area (Å²) in [6, 6.07) is 7.17. The Morgan fingerprint density at radius 3 is 2.67 bits per heavy atom. The SMILES string of the molecule is Cc1nc(C)c(C(=O)N2C[C@@H](C(=O)O)c3ccccc32)s1. The van der Waals surface area contributed by atoms with E-state index in [2.05, 4.69) is 4.98 Å². The largest absolute Gasteiger partial charge is 0.481 e. The lowest BCUT2D eigenvalue weighted by Gasteiger charge is -2.16. The molecular weight excluding hydrogens is 288 g/mol. The minimum Gasteiger partial charge on any atom is -0.481 e. The first-order valence-electron chi connectivity index (χ1n) is 6.56. The van der Waals surface area contributed by atoms with Gasteiger partial charge in [-0.15, -0.1) is 11.3 Å². The molecule has 0 saturated carbocycles. The van der Waals surface area contributed by atoms with E-state index in [-0.39, 0.29) is 12.5 Å². The van der Waals surface area contributed by atoms with Crippen molar-refractivity contribution >= 4 is 28.9 Å². The van der Waals surface area contributed by atoms with Gasteiger partial charge in [-0.2, -0.15) is 0 Å². The second kappa shape index (κ2) is 4.96. The van der Waals surface area contributed by atoms with Gasteiger partial charge in [0, 0.05) is 12.2 Å². The molecule has 1 N–H and O–H groups in total. The topological polar surface area (TPSA) is 70.5 Å². The third kappa shape index (κ3) is 2.21. The Labute approximate surface area is 125 Å². The average molecular weight is 302 g/mol. The average Bonchev–Trinajstić information content (AvgIpc) is 2.98. The summed E-state index contributed by atoms with van der Waals surface area (Å²) in [6.45, 7) is 3.82. The number of carbonyl (C=O) groups excluding carboxylic acids is 1. The summed E-state index contributed by atoms with van der Waals surface area (Å²) in [7, 11) is 0. The molecule has 0 spiro atoms. The number of nitrogens with zero attached hydrogens (tertiary/aromatic N) is 2. The number of carbonyl (C=O) groups is 2. The number of aliphatic carboxylic acids is 1. The number of hydrogen-bond donors (Lipinski definition) is 1. The van der Waals surface area contributed by atoms with Crippen LogP contribution in [0.1, 0.15) is 31.9 Å². The molecule has 0 bridgehead atoms. The first-order valence-corrected chi connectivity index (χ1v) is 7.38. The fourth-order valence-corrected chi connectivity index (χ4v) is 3.53. The van der Waals surface area contributed by atoms with E-state index >= 15 is 0 Å². The predicted molar refractivity (Wildman–Crippen MR) is 80.1 cm³/mol. The van der Waals surface area contributed by atoms with E-state index in [4.69, 9.17) is 0 Å². The highest BCUT2D eigenvalue weighted by Crippen LogP contribution is 2.37. The minimum atomic E-state index is -0.907. The standard InChI is InChI=1S/C15H14N2O3S/c1-8-13(21-9(2)16-8)14(18)17-7-11(15(19)20)10-5-3-4-6-12(10)17/h3-6,11H,7H2,1-2H3,(H,19,20)/t11-/m1/s1. The molecule has 1 aliphatic heterocycles. The number of aromatic nitrogens is 1. The molecule has 0 saturated heterocycles. The Morgan fingerprint density at radius 2 is 2.05 bits per heavy atom. The fourth-order valence-electron chi connectivity index (χ4n) is 2.66. The predicted octanol–water partition coefficient (Wildman–Crippen LogP) is 2.59. The number of para-hydroxylation sites is 1. The zero-order valence-corrected chi connectivity index (χ0v) is 12.5. The monoisotopic (exact) mass is 302 g/mol. The van der Waals surface area contributed by atoms with E-state index in [1.807, 2.05) is 13.0 Å². The van der Waals surface area contributed by atoms with Gasteiger partial charge in [0.1, 0.15) is 10.8 Å². The maximum Gasteiger partial charge on any atom is 0.312 e. The van der Waals surface area contributed by atoms with Gasteiger partial charge >= 0.3 is 5.97 Å². The molecule has 1 aliphatic rings. The summed E-state index contributed by atoms with van der Waals surface area (Å²) in [4.78, 5) is 30.5. The lowest BCUT2D eigenvalue weighted by Crippen LogP contribution is -2.31. The highest BCUT2D eigenvalue weighted by atomic mass is 32.1. The number of aryl methyl sites for hydroxylation is 2. The molecule has 21 heavy (non-hydrogen) atoms. The molecule has 0 radical (unpaired) electrons. The van der Waals surface area contributed by atoms with Crippen molar-refractivity contribution in [3.05, 3.63) is 45.4 Å². The zero-order chi connectivity index (χ0) is 15.1. The smallest absolute Gasteiger partial charge is 0.312 e. The summed E-state index contributed by atoms with van der Waals surface area (Å²) in [6.07, 6.45) is 0. The van der Waals surface area contributed by atoms with Crippen LogP contribution in [-0.2, 0) is 4.79 Å². The van der Waals surface area contributed by atoms with Crippen LogP contribution in [0.15, 0.2) is 24.3 Å². The Balaban J connectivity index is 2.02. The van der Waals surface area contributed by atoms with Gasteiger partial charge in [0.25, 0.3) is 5.91 Å². The Bertz CT molecular complexity index is 738. The van der Waals surface area contributed by atoms with E-state index in [1.165, 1.54) is 11.3 Å². The highest BCUT2D eigenvalue weighted by molar-refractivity contribution is 7.13. The number of rotatable bonds is 2. The van der Waals surface area contributed by atoms with Crippen LogP contribution in [0, 0.1) is 13.8 Å². The van der Waals surface area contributed by atoms with Crippen molar-refractivity contribution in [2.45, 2.75) is 19.8 Å². The lowest BCUT2D eigenvalue weighted by atomic mass is 10.0. The van der Waals surface area contributed by atoms with Crippen LogP contribution < -0.4 is 4.90 Å². The first kappa shape index (κ1) is 13.8. The summed E-state index contributed by atoms with van der Waals surface area (Å²) in [5.74, 6) is -1.75. The molecule has 3 rings (SSSR count). The second-order valence-electron chi connectivity index (χ2n) is 5.01. The van der Waals surface area contributed by atoms with Crippen molar-refractivity contribution in [2.75, 3.05) is 11.4 Å². The number of hydrogen-bond acceptors (Lipinski definition) is 4. The van der Waals surface area contributed by atoms with Gasteiger partial charge in [-0.05, 0) is 25.5 Å². The first-order chi connectivity index (χ1) is 9.99. The Hall–Kier alpha value is -2.21. The number of carboxylic acid groups (broad SMARTS) is 1. The summed E-state index contributed by atoms with van der Waals surface area (Å²) >= 11 is 1.34. The summed E-state index contributed by atoms with van der Waals surface area (Å²) < 4.78 is 0. The number of amides is 1. The molecule has 0 aliphatic carbocycles. The highest BCUT2D eigenvalue weighted by Gasteiger charge is 2.37. The van der Waals surface area contributed by atoms with Gasteiger partial charge in [-0.1, -0.05) is 18.2 Å². The van der Waals surface area contributed by atoms with E-state index in [1.54, 1.807) is 30.0 Å². The molecule has 1 atom stereocenters. The van der Waals surface area contributed by atoms with Crippen LogP contribution in [0.4, 0.5) is 5.69 Å². The van der Waals surface area contributed by atoms with E-state index in [0.29, 0.717) is 21.8 Å². The number of anilines is 1. The molecule has 1 aromatic carbocycles. The van der Waals surface area contributed by atoms with Crippen molar-refractivity contribution in [3.8, 4) is 0 Å². The number of fused-ring (bicyclic) bond motifs is 1. The van der Waals surface area contributed by atoms with E-state index < -0.39 is 11.9 Å². The molecule has 2 heterocycles. The summed E-state index contributed by atoms with van der Waals surface area (Å²) in [5.41, 5.74) is 2.07. The minimum absolute atomic E-state index is 0.171. The molecule has 1 aromatic heterocycles. The number of thiazole rings is 1. The fraction of sp³-hybridized carbons (Fsp3) is 0.267. The van der Waals surface area contributed by atoms with Crippen molar-refractivity contribution in [3.63, 3.8) is 0 Å². The zero-order valence-electron chi connectivity index (χ0n) is 11.7. The third-order valence-corrected chi connectivity index (χ3v) is 4.67. The summed E-state index contributed by atoms with van der Waals surface area (Å²) in [5, 5.41) is 10.2. The molecular formula is C15H14N2O3S. The normalized spacial score (nSPS) is 16.9. The molecule has 1 amide bonds. The Morgan fingerprint density at radius 1 is 1.33 bits per heavy atom. The van der Waals surface area contributed by atoms with Gasteiger partial charge in [-0.3, -0.25) is 9.59 Å². The maximum absolute atomic E-state index is 12.7. The van der Waals surface area contributed by atoms with Gasteiger partial charge in [0.15, 0.2) is 0 Å². The van der Waals surface area contributed by atoms with E-state index in [0.717, 1.165) is 5.01 Å². The van der Waals surface area contributed by atoms with Crippen molar-refractivity contribution in [1.29, 1.82) is 0 Å². The molecule has 108 valence electrons. The van der Waals surface area contributed by atoms with Crippen LogP contribution >= 0.6 is 11.3 Å². The quantitative estimate of drug-likeness (QED) is 0.925. The van der Waals surface area contributed by atoms with Crippen LogP contribution in [0.3, 0.4) is 0 Å². The molecule has 0 fully saturated rings. The van der Waals surface area contributed by atoms with Gasteiger partial charge < -0.3 is 10.0 Å². The second-order valence-corrected chi connectivity index (χ2v) is 6.22. The van der Waals surface area contributed by atoms with Crippen LogP contribution in [0.5, 0.6) is 0 Å². The third-order valence-electron chi connectivity index (χ3n) is 3.61. The van der Waals surface area contributed by atoms with Crippen molar-refractivity contribution in [1.82, 2.24) is 4.98 Å². The van der Waals surface area contributed by atoms with Gasteiger partial charge in [0.2, 0.25) is 0 Å². The van der Waals surface area contributed by atoms with Crippen molar-refractivity contribution < 1.29 is 14.7 Å². The van der Waals surface area contributed by atoms with Crippen LogP contribution in [0.25, 0.3) is 0 Å². The number of carboxylic acids is 1. The van der Waals surface area contributed by atoms with Gasteiger partial charge in [0.05, 0.1) is 10.7 Å².